The van der Waals surface area contributed by atoms with E-state index in [4.69, 9.17) is 4.74 Å². The Morgan fingerprint density at radius 3 is 2.90 bits per heavy atom. The van der Waals surface area contributed by atoms with Gasteiger partial charge in [0.1, 0.15) is 5.60 Å². The Balaban J connectivity index is 1.78. The van der Waals surface area contributed by atoms with Crippen LogP contribution < -0.4 is 10.0 Å². The first-order chi connectivity index (χ1) is 10.0. The number of anilines is 1. The number of benzene rings is 1. The van der Waals surface area contributed by atoms with Gasteiger partial charge < -0.3 is 19.5 Å². The first kappa shape index (κ1) is 13.0. The van der Waals surface area contributed by atoms with E-state index in [9.17, 15) is 14.7 Å². The molecule has 3 aliphatic rings. The van der Waals surface area contributed by atoms with Gasteiger partial charge in [-0.2, -0.15) is 0 Å². The van der Waals surface area contributed by atoms with Gasteiger partial charge in [0, 0.05) is 16.4 Å². The normalized spacial score (nSPS) is 36.3. The zero-order valence-electron chi connectivity index (χ0n) is 10.9. The van der Waals surface area contributed by atoms with Gasteiger partial charge >= 0.3 is 0 Å². The molecule has 2 bridgehead atoms. The molecular formula is C15H11BrNO4-. The van der Waals surface area contributed by atoms with E-state index < -0.39 is 29.5 Å². The third kappa shape index (κ3) is 1.60. The van der Waals surface area contributed by atoms with Crippen molar-refractivity contribution in [1.82, 2.24) is 0 Å². The molecule has 1 aromatic rings. The number of rotatable bonds is 2. The smallest absolute Gasteiger partial charge is 0.234 e. The van der Waals surface area contributed by atoms with Crippen molar-refractivity contribution < 1.29 is 19.4 Å². The van der Waals surface area contributed by atoms with Crippen molar-refractivity contribution in [2.75, 3.05) is 11.4 Å². The Kier molecular flexibility index (Phi) is 2.59. The standard InChI is InChI=1S/C15H12BrNO4/c16-8-3-1-2-4-9(8)17-7-15-6-5-10(21-15)11(14(19)20)12(15)13(17)18/h1-6,10-12H,7H2,(H,19,20)/p-1/t10-,11+,12+,15-/m0/s1. The number of amides is 1. The molecule has 4 atom stereocenters. The second-order valence-corrected chi connectivity index (χ2v) is 6.45. The van der Waals surface area contributed by atoms with Gasteiger partial charge in [0.2, 0.25) is 5.91 Å². The summed E-state index contributed by atoms with van der Waals surface area (Å²) < 4.78 is 6.60. The molecule has 0 unspecified atom stereocenters. The fourth-order valence-corrected chi connectivity index (χ4v) is 4.14. The maximum absolute atomic E-state index is 12.7. The van der Waals surface area contributed by atoms with Crippen molar-refractivity contribution in [3.05, 3.63) is 40.9 Å². The van der Waals surface area contributed by atoms with Gasteiger partial charge in [0.25, 0.3) is 0 Å². The molecule has 2 fully saturated rings. The molecule has 0 N–H and O–H groups in total. The number of carbonyl (C=O) groups excluding carboxylic acids is 2. The first-order valence-electron chi connectivity index (χ1n) is 6.67. The lowest BCUT2D eigenvalue weighted by Gasteiger charge is -2.24. The van der Waals surface area contributed by atoms with E-state index in [1.54, 1.807) is 11.0 Å². The van der Waals surface area contributed by atoms with E-state index in [1.807, 2.05) is 30.3 Å². The van der Waals surface area contributed by atoms with Crippen LogP contribution in [0.1, 0.15) is 0 Å². The van der Waals surface area contributed by atoms with Gasteiger partial charge in [-0.25, -0.2) is 0 Å². The molecule has 3 heterocycles. The lowest BCUT2D eigenvalue weighted by molar-refractivity contribution is -0.313. The lowest BCUT2D eigenvalue weighted by Crippen LogP contribution is -2.45. The number of halogens is 1. The maximum atomic E-state index is 12.7. The van der Waals surface area contributed by atoms with E-state index in [2.05, 4.69) is 15.9 Å². The summed E-state index contributed by atoms with van der Waals surface area (Å²) in [6.45, 7) is 0.329. The molecule has 5 nitrogen and oxygen atoms in total. The van der Waals surface area contributed by atoms with E-state index in [1.165, 1.54) is 0 Å². The highest BCUT2D eigenvalue weighted by atomic mass is 79.9. The number of carboxylic acid groups (broad SMARTS) is 1. The van der Waals surface area contributed by atoms with Crippen LogP contribution in [-0.4, -0.2) is 30.1 Å². The predicted molar refractivity (Wildman–Crippen MR) is 75.2 cm³/mol. The quantitative estimate of drug-likeness (QED) is 0.729. The minimum absolute atomic E-state index is 0.219. The van der Waals surface area contributed by atoms with Gasteiger partial charge in [-0.05, 0) is 28.1 Å². The van der Waals surface area contributed by atoms with E-state index in [0.29, 0.717) is 6.54 Å². The molecular weight excluding hydrogens is 338 g/mol. The number of aliphatic carboxylic acids is 1. The second kappa shape index (κ2) is 4.18. The third-order valence-electron chi connectivity index (χ3n) is 4.52. The molecule has 6 heteroatoms. The molecule has 21 heavy (non-hydrogen) atoms. The second-order valence-electron chi connectivity index (χ2n) is 5.59. The van der Waals surface area contributed by atoms with E-state index in [0.717, 1.165) is 10.2 Å². The molecule has 4 rings (SSSR count). The molecule has 1 spiro atoms. The van der Waals surface area contributed by atoms with Gasteiger partial charge in [-0.15, -0.1) is 0 Å². The number of carboxylic acids is 1. The Bertz CT molecular complexity index is 688. The minimum Gasteiger partial charge on any atom is -0.550 e. The summed E-state index contributed by atoms with van der Waals surface area (Å²) in [6, 6.07) is 7.37. The van der Waals surface area contributed by atoms with Crippen molar-refractivity contribution in [3.8, 4) is 0 Å². The van der Waals surface area contributed by atoms with Crippen molar-refractivity contribution in [3.63, 3.8) is 0 Å². The lowest BCUT2D eigenvalue weighted by atomic mass is 9.77. The number of hydrogen-bond donors (Lipinski definition) is 0. The van der Waals surface area contributed by atoms with Crippen LogP contribution in [-0.2, 0) is 14.3 Å². The highest BCUT2D eigenvalue weighted by Gasteiger charge is 2.65. The average molecular weight is 349 g/mol. The van der Waals surface area contributed by atoms with Crippen molar-refractivity contribution in [2.24, 2.45) is 11.8 Å². The maximum Gasteiger partial charge on any atom is 0.234 e. The molecule has 1 amide bonds. The highest BCUT2D eigenvalue weighted by molar-refractivity contribution is 9.10. The number of fused-ring (bicyclic) bond motifs is 1. The highest BCUT2D eigenvalue weighted by Crippen LogP contribution is 2.52. The number of nitrogens with zero attached hydrogens (tertiary/aromatic N) is 1. The summed E-state index contributed by atoms with van der Waals surface area (Å²) in [6.07, 6.45) is 3.01. The van der Waals surface area contributed by atoms with Crippen LogP contribution in [0.15, 0.2) is 40.9 Å². The van der Waals surface area contributed by atoms with Gasteiger partial charge in [0.05, 0.1) is 24.3 Å². The summed E-state index contributed by atoms with van der Waals surface area (Å²) in [4.78, 5) is 25.7. The predicted octanol–water partition coefficient (Wildman–Crippen LogP) is 0.485. The molecule has 3 aliphatic heterocycles. The van der Waals surface area contributed by atoms with Crippen molar-refractivity contribution in [2.45, 2.75) is 11.7 Å². The summed E-state index contributed by atoms with van der Waals surface area (Å²) in [5.74, 6) is -3.05. The van der Waals surface area contributed by atoms with Crippen LogP contribution in [0.25, 0.3) is 0 Å². The Morgan fingerprint density at radius 2 is 2.19 bits per heavy atom. The van der Waals surface area contributed by atoms with E-state index in [-0.39, 0.29) is 5.91 Å². The van der Waals surface area contributed by atoms with Crippen LogP contribution in [0.5, 0.6) is 0 Å². The summed E-state index contributed by atoms with van der Waals surface area (Å²) in [7, 11) is 0. The monoisotopic (exact) mass is 348 g/mol. The summed E-state index contributed by atoms with van der Waals surface area (Å²) >= 11 is 3.43. The van der Waals surface area contributed by atoms with Crippen LogP contribution in [0.4, 0.5) is 5.69 Å². The average Bonchev–Trinajstić information content (AvgIpc) is 3.08. The first-order valence-corrected chi connectivity index (χ1v) is 7.47. The number of hydrogen-bond acceptors (Lipinski definition) is 4. The van der Waals surface area contributed by atoms with Gasteiger partial charge in [0.15, 0.2) is 0 Å². The van der Waals surface area contributed by atoms with Crippen LogP contribution in [0, 0.1) is 11.8 Å². The van der Waals surface area contributed by atoms with Crippen LogP contribution >= 0.6 is 15.9 Å². The molecule has 2 saturated heterocycles. The number of carbonyl (C=O) groups is 2. The number of ether oxygens (including phenoxy) is 1. The summed E-state index contributed by atoms with van der Waals surface area (Å²) in [5, 5.41) is 11.4. The molecule has 0 radical (unpaired) electrons. The molecule has 0 aromatic heterocycles. The van der Waals surface area contributed by atoms with Crippen molar-refractivity contribution >= 4 is 33.5 Å². The van der Waals surface area contributed by atoms with Gasteiger partial charge in [-0.3, -0.25) is 4.79 Å². The molecule has 0 aliphatic carbocycles. The minimum atomic E-state index is -1.22. The fourth-order valence-electron chi connectivity index (χ4n) is 3.64. The Hall–Kier alpha value is -1.66. The topological polar surface area (TPSA) is 69.7 Å². The Labute approximate surface area is 129 Å². The zero-order chi connectivity index (χ0) is 14.8. The van der Waals surface area contributed by atoms with Crippen molar-refractivity contribution in [1.29, 1.82) is 0 Å². The fraction of sp³-hybridized carbons (Fsp3) is 0.333. The van der Waals surface area contributed by atoms with Crippen LogP contribution in [0.2, 0.25) is 0 Å². The molecule has 108 valence electrons. The number of para-hydroxylation sites is 1. The SMILES string of the molecule is O=C([O-])[C@@H]1[C@@H]2C=C[C@@]3(CN(c4ccccc4Br)C(=O)[C@@H]13)O2. The van der Waals surface area contributed by atoms with Gasteiger partial charge in [-0.1, -0.05) is 24.3 Å². The Morgan fingerprint density at radius 1 is 1.43 bits per heavy atom. The summed E-state index contributed by atoms with van der Waals surface area (Å²) in [5.41, 5.74) is -0.106. The zero-order valence-corrected chi connectivity index (χ0v) is 12.4. The van der Waals surface area contributed by atoms with Crippen LogP contribution in [0.3, 0.4) is 0 Å². The third-order valence-corrected chi connectivity index (χ3v) is 5.19. The van der Waals surface area contributed by atoms with E-state index >= 15 is 0 Å². The molecule has 0 saturated carbocycles. The largest absolute Gasteiger partial charge is 0.550 e. The molecule has 1 aromatic carbocycles.